The molecule has 5 nitrogen and oxygen atoms in total. The van der Waals surface area contributed by atoms with E-state index in [0.717, 1.165) is 12.8 Å². The summed E-state index contributed by atoms with van der Waals surface area (Å²) < 4.78 is 10.0. The molecule has 0 spiro atoms. The summed E-state index contributed by atoms with van der Waals surface area (Å²) >= 11 is 0. The van der Waals surface area contributed by atoms with Crippen LogP contribution in [-0.4, -0.2) is 23.8 Å². The van der Waals surface area contributed by atoms with Crippen molar-refractivity contribution in [2.24, 2.45) is 5.73 Å². The molecule has 0 aliphatic rings. The monoisotopic (exact) mass is 185 g/mol. The Balaban J connectivity index is 2.53. The number of aryl methyl sites for hydroxylation is 1. The van der Waals surface area contributed by atoms with Gasteiger partial charge in [0.25, 0.3) is 5.89 Å². The summed E-state index contributed by atoms with van der Waals surface area (Å²) in [4.78, 5) is 4.16. The second-order valence-electron chi connectivity index (χ2n) is 2.82. The normalized spacial score (nSPS) is 13.2. The van der Waals surface area contributed by atoms with Crippen molar-refractivity contribution in [3.63, 3.8) is 0 Å². The Morgan fingerprint density at radius 3 is 3.00 bits per heavy atom. The lowest BCUT2D eigenvalue weighted by atomic mass is 10.3. The van der Waals surface area contributed by atoms with Crippen molar-refractivity contribution < 1.29 is 9.26 Å². The molecule has 1 atom stereocenters. The highest BCUT2D eigenvalue weighted by atomic mass is 16.5. The van der Waals surface area contributed by atoms with Crippen LogP contribution in [0.15, 0.2) is 4.52 Å². The smallest absolute Gasteiger partial charge is 0.255 e. The quantitative estimate of drug-likeness (QED) is 0.729. The summed E-state index contributed by atoms with van der Waals surface area (Å²) in [5.74, 6) is 1.22. The van der Waals surface area contributed by atoms with Crippen molar-refractivity contribution in [1.29, 1.82) is 0 Å². The zero-order chi connectivity index (χ0) is 9.68. The Hall–Kier alpha value is -0.940. The molecule has 1 aromatic heterocycles. The Morgan fingerprint density at radius 1 is 1.62 bits per heavy atom. The first-order valence-corrected chi connectivity index (χ1v) is 4.33. The molecule has 1 aromatic rings. The van der Waals surface area contributed by atoms with Crippen LogP contribution in [0.3, 0.4) is 0 Å². The summed E-state index contributed by atoms with van der Waals surface area (Å²) in [5.41, 5.74) is 5.36. The Morgan fingerprint density at radius 2 is 2.38 bits per heavy atom. The van der Waals surface area contributed by atoms with Crippen molar-refractivity contribution in [3.05, 3.63) is 11.7 Å². The molecule has 0 bridgehead atoms. The van der Waals surface area contributed by atoms with Crippen molar-refractivity contribution in [3.8, 4) is 0 Å². The van der Waals surface area contributed by atoms with E-state index >= 15 is 0 Å². The number of hydrogen-bond donors (Lipinski definition) is 1. The van der Waals surface area contributed by atoms with Crippen LogP contribution in [0, 0.1) is 0 Å². The third-order valence-electron chi connectivity index (χ3n) is 1.79. The maximum Gasteiger partial charge on any atom is 0.255 e. The second kappa shape index (κ2) is 4.94. The average molecular weight is 185 g/mol. The van der Waals surface area contributed by atoms with Crippen LogP contribution >= 0.6 is 0 Å². The number of nitrogens with zero attached hydrogens (tertiary/aromatic N) is 2. The van der Waals surface area contributed by atoms with E-state index in [-0.39, 0.29) is 6.10 Å². The SMILES string of the molecule is COC(C)c1nc(CCCN)no1. The first-order chi connectivity index (χ1) is 6.27. The van der Waals surface area contributed by atoms with Crippen LogP contribution in [-0.2, 0) is 11.2 Å². The van der Waals surface area contributed by atoms with Gasteiger partial charge in [0.15, 0.2) is 5.82 Å². The van der Waals surface area contributed by atoms with Crippen LogP contribution in [0.5, 0.6) is 0 Å². The Bertz CT molecular complexity index is 249. The molecule has 0 amide bonds. The van der Waals surface area contributed by atoms with Gasteiger partial charge in [-0.3, -0.25) is 0 Å². The summed E-state index contributed by atoms with van der Waals surface area (Å²) in [6.45, 7) is 2.50. The van der Waals surface area contributed by atoms with Gasteiger partial charge < -0.3 is 15.0 Å². The topological polar surface area (TPSA) is 74.2 Å². The molecule has 1 rings (SSSR count). The van der Waals surface area contributed by atoms with Gasteiger partial charge in [-0.25, -0.2) is 0 Å². The second-order valence-corrected chi connectivity index (χ2v) is 2.82. The molecule has 0 radical (unpaired) electrons. The fourth-order valence-electron chi connectivity index (χ4n) is 0.895. The lowest BCUT2D eigenvalue weighted by Gasteiger charge is -2.00. The molecule has 0 aliphatic heterocycles. The minimum atomic E-state index is -0.140. The van der Waals surface area contributed by atoms with Gasteiger partial charge in [-0.05, 0) is 19.9 Å². The molecular weight excluding hydrogens is 170 g/mol. The summed E-state index contributed by atoms with van der Waals surface area (Å²) in [6, 6.07) is 0. The first kappa shape index (κ1) is 10.1. The molecule has 0 fully saturated rings. The van der Waals surface area contributed by atoms with Crippen LogP contribution in [0.2, 0.25) is 0 Å². The summed E-state index contributed by atoms with van der Waals surface area (Å²) in [5, 5.41) is 3.80. The molecule has 0 aromatic carbocycles. The van der Waals surface area contributed by atoms with Crippen LogP contribution in [0.1, 0.15) is 31.2 Å². The number of aromatic nitrogens is 2. The zero-order valence-electron chi connectivity index (χ0n) is 7.99. The first-order valence-electron chi connectivity index (χ1n) is 4.33. The molecule has 13 heavy (non-hydrogen) atoms. The van der Waals surface area contributed by atoms with Gasteiger partial charge in [0.05, 0.1) is 0 Å². The number of hydrogen-bond acceptors (Lipinski definition) is 5. The van der Waals surface area contributed by atoms with Crippen molar-refractivity contribution in [2.75, 3.05) is 13.7 Å². The van der Waals surface area contributed by atoms with Gasteiger partial charge in [0.2, 0.25) is 0 Å². The fourth-order valence-corrected chi connectivity index (χ4v) is 0.895. The highest BCUT2D eigenvalue weighted by Crippen LogP contribution is 2.12. The lowest BCUT2D eigenvalue weighted by molar-refractivity contribution is 0.0886. The Kier molecular flexibility index (Phi) is 3.85. The van der Waals surface area contributed by atoms with E-state index in [1.807, 2.05) is 6.92 Å². The molecular formula is C8H15N3O2. The van der Waals surface area contributed by atoms with Gasteiger partial charge in [-0.1, -0.05) is 5.16 Å². The number of rotatable bonds is 5. The zero-order valence-corrected chi connectivity index (χ0v) is 7.99. The minimum Gasteiger partial charge on any atom is -0.372 e. The van der Waals surface area contributed by atoms with Crippen LogP contribution < -0.4 is 5.73 Å². The fraction of sp³-hybridized carbons (Fsp3) is 0.750. The van der Waals surface area contributed by atoms with E-state index in [4.69, 9.17) is 15.0 Å². The predicted molar refractivity (Wildman–Crippen MR) is 47.1 cm³/mol. The number of methoxy groups -OCH3 is 1. The van der Waals surface area contributed by atoms with Gasteiger partial charge in [-0.15, -0.1) is 0 Å². The van der Waals surface area contributed by atoms with Crippen molar-refractivity contribution >= 4 is 0 Å². The van der Waals surface area contributed by atoms with E-state index < -0.39 is 0 Å². The number of ether oxygens (including phenoxy) is 1. The average Bonchev–Trinajstić information content (AvgIpc) is 2.62. The molecule has 2 N–H and O–H groups in total. The lowest BCUT2D eigenvalue weighted by Crippen LogP contribution is -2.01. The van der Waals surface area contributed by atoms with Crippen molar-refractivity contribution in [2.45, 2.75) is 25.9 Å². The van der Waals surface area contributed by atoms with Crippen molar-refractivity contribution in [1.82, 2.24) is 10.1 Å². The summed E-state index contributed by atoms with van der Waals surface area (Å²) in [6.07, 6.45) is 1.50. The molecule has 0 aliphatic carbocycles. The molecule has 5 heteroatoms. The largest absolute Gasteiger partial charge is 0.372 e. The van der Waals surface area contributed by atoms with Crippen LogP contribution in [0.25, 0.3) is 0 Å². The molecule has 74 valence electrons. The Labute approximate surface area is 77.3 Å². The molecule has 0 saturated heterocycles. The van der Waals surface area contributed by atoms with Crippen LogP contribution in [0.4, 0.5) is 0 Å². The van der Waals surface area contributed by atoms with E-state index in [1.54, 1.807) is 7.11 Å². The van der Waals surface area contributed by atoms with E-state index in [2.05, 4.69) is 10.1 Å². The third kappa shape index (κ3) is 2.78. The minimum absolute atomic E-state index is 0.140. The molecule has 0 saturated carbocycles. The van der Waals surface area contributed by atoms with Gasteiger partial charge in [-0.2, -0.15) is 4.98 Å². The standard InChI is InChI=1S/C8H15N3O2/c1-6(12-2)8-10-7(11-13-8)4-3-5-9/h6H,3-5,9H2,1-2H3. The third-order valence-corrected chi connectivity index (χ3v) is 1.79. The highest BCUT2D eigenvalue weighted by molar-refractivity contribution is 4.89. The summed E-state index contributed by atoms with van der Waals surface area (Å²) in [7, 11) is 1.61. The molecule has 1 heterocycles. The van der Waals surface area contributed by atoms with E-state index in [9.17, 15) is 0 Å². The predicted octanol–water partition coefficient (Wildman–Crippen LogP) is 0.668. The maximum absolute atomic E-state index is 5.36. The van der Waals surface area contributed by atoms with Gasteiger partial charge >= 0.3 is 0 Å². The maximum atomic E-state index is 5.36. The van der Waals surface area contributed by atoms with E-state index in [1.165, 1.54) is 0 Å². The molecule has 1 unspecified atom stereocenters. The highest BCUT2D eigenvalue weighted by Gasteiger charge is 2.12. The van der Waals surface area contributed by atoms with E-state index in [0.29, 0.717) is 18.3 Å². The van der Waals surface area contributed by atoms with Gasteiger partial charge in [0, 0.05) is 13.5 Å². The number of nitrogens with two attached hydrogens (primary N) is 1. The van der Waals surface area contributed by atoms with Gasteiger partial charge in [0.1, 0.15) is 6.10 Å².